The quantitative estimate of drug-likeness (QED) is 0.665. The van der Waals surface area contributed by atoms with Crippen molar-refractivity contribution in [2.24, 2.45) is 0 Å². The van der Waals surface area contributed by atoms with E-state index in [0.717, 1.165) is 21.3 Å². The molecule has 1 nitrogen and oxygen atoms in total. The molecule has 0 N–H and O–H groups in total. The van der Waals surface area contributed by atoms with E-state index in [0.29, 0.717) is 0 Å². The van der Waals surface area contributed by atoms with Gasteiger partial charge in [0.2, 0.25) is 0 Å². The van der Waals surface area contributed by atoms with E-state index < -0.39 is 0 Å². The number of alkyl halides is 1. The predicted octanol–water partition coefficient (Wildman–Crippen LogP) is 5.44. The summed E-state index contributed by atoms with van der Waals surface area (Å²) in [4.78, 5) is 0. The van der Waals surface area contributed by atoms with E-state index >= 15 is 0 Å². The van der Waals surface area contributed by atoms with Gasteiger partial charge in [-0.05, 0) is 58.2 Å². The number of hydrogen-bond donors (Lipinski definition) is 0. The fraction of sp³-hybridized carbons (Fsp3) is 0.143. The third-order valence-electron chi connectivity index (χ3n) is 2.39. The largest absolute Gasteiger partial charge is 0.456 e. The molecule has 0 saturated heterocycles. The highest BCUT2D eigenvalue weighted by atomic mass is 79.9. The number of ether oxygens (including phenoxy) is 1. The molecule has 88 valence electrons. The van der Waals surface area contributed by atoms with Crippen LogP contribution in [0.15, 0.2) is 46.9 Å². The molecule has 0 spiro atoms. The Kier molecular flexibility index (Phi) is 4.24. The summed E-state index contributed by atoms with van der Waals surface area (Å²) >= 11 is 6.92. The molecule has 0 unspecified atom stereocenters. The third-order valence-corrected chi connectivity index (χ3v) is 3.66. The summed E-state index contributed by atoms with van der Waals surface area (Å²) in [7, 11) is 0. The molecule has 0 heterocycles. The van der Waals surface area contributed by atoms with Crippen molar-refractivity contribution in [3.63, 3.8) is 0 Å². The number of aryl methyl sites for hydroxylation is 1. The minimum absolute atomic E-state index is 0.835. The van der Waals surface area contributed by atoms with Gasteiger partial charge in [0.1, 0.15) is 11.5 Å². The molecule has 0 amide bonds. The standard InChI is InChI=1S/C14H12Br2O/c1-10-2-7-14(13(16)8-10)17-12-5-3-11(9-15)4-6-12/h2-8H,9H2,1H3. The molecule has 17 heavy (non-hydrogen) atoms. The Morgan fingerprint density at radius 1 is 1.06 bits per heavy atom. The smallest absolute Gasteiger partial charge is 0.141 e. The lowest BCUT2D eigenvalue weighted by Crippen LogP contribution is -1.86. The maximum absolute atomic E-state index is 5.80. The Morgan fingerprint density at radius 2 is 1.76 bits per heavy atom. The van der Waals surface area contributed by atoms with Crippen molar-refractivity contribution in [2.75, 3.05) is 0 Å². The molecule has 0 radical (unpaired) electrons. The van der Waals surface area contributed by atoms with Crippen LogP contribution in [0.1, 0.15) is 11.1 Å². The molecule has 0 aliphatic rings. The van der Waals surface area contributed by atoms with Gasteiger partial charge in [0, 0.05) is 5.33 Å². The van der Waals surface area contributed by atoms with Crippen LogP contribution >= 0.6 is 31.9 Å². The first-order valence-electron chi connectivity index (χ1n) is 5.28. The Morgan fingerprint density at radius 3 is 2.35 bits per heavy atom. The Labute approximate surface area is 118 Å². The van der Waals surface area contributed by atoms with Gasteiger partial charge in [-0.15, -0.1) is 0 Å². The molecule has 0 atom stereocenters. The number of rotatable bonds is 3. The van der Waals surface area contributed by atoms with Crippen molar-refractivity contribution >= 4 is 31.9 Å². The van der Waals surface area contributed by atoms with Crippen LogP contribution in [0.5, 0.6) is 11.5 Å². The van der Waals surface area contributed by atoms with Crippen LogP contribution in [0, 0.1) is 6.92 Å². The fourth-order valence-electron chi connectivity index (χ4n) is 1.46. The SMILES string of the molecule is Cc1ccc(Oc2ccc(CBr)cc2)c(Br)c1. The predicted molar refractivity (Wildman–Crippen MR) is 78.0 cm³/mol. The third kappa shape index (κ3) is 3.33. The summed E-state index contributed by atoms with van der Waals surface area (Å²) in [5, 5.41) is 0.863. The number of benzene rings is 2. The number of hydrogen-bond acceptors (Lipinski definition) is 1. The first kappa shape index (κ1) is 12.7. The van der Waals surface area contributed by atoms with Crippen LogP contribution in [-0.2, 0) is 5.33 Å². The molecule has 0 aromatic heterocycles. The maximum Gasteiger partial charge on any atom is 0.141 e. The van der Waals surface area contributed by atoms with E-state index in [2.05, 4.69) is 38.8 Å². The van der Waals surface area contributed by atoms with Gasteiger partial charge in [0.25, 0.3) is 0 Å². The molecular weight excluding hydrogens is 344 g/mol. The molecule has 0 saturated carbocycles. The van der Waals surface area contributed by atoms with Gasteiger partial charge in [-0.3, -0.25) is 0 Å². The normalized spacial score (nSPS) is 10.3. The van der Waals surface area contributed by atoms with Crippen LogP contribution < -0.4 is 4.74 Å². The second kappa shape index (κ2) is 5.69. The Bertz CT molecular complexity index is 506. The maximum atomic E-state index is 5.80. The fourth-order valence-corrected chi connectivity index (χ4v) is 2.41. The molecule has 0 aliphatic carbocycles. The summed E-state index contributed by atoms with van der Waals surface area (Å²) in [5.74, 6) is 1.68. The lowest BCUT2D eigenvalue weighted by Gasteiger charge is -2.08. The van der Waals surface area contributed by atoms with E-state index in [4.69, 9.17) is 4.74 Å². The van der Waals surface area contributed by atoms with Crippen LogP contribution in [-0.4, -0.2) is 0 Å². The summed E-state index contributed by atoms with van der Waals surface area (Å²) < 4.78 is 6.78. The molecule has 3 heteroatoms. The molecule has 2 aromatic rings. The second-order valence-corrected chi connectivity index (χ2v) is 5.23. The van der Waals surface area contributed by atoms with Crippen LogP contribution in [0.2, 0.25) is 0 Å². The molecule has 2 aromatic carbocycles. The first-order valence-corrected chi connectivity index (χ1v) is 7.19. The van der Waals surface area contributed by atoms with Gasteiger partial charge in [0.05, 0.1) is 4.47 Å². The zero-order chi connectivity index (χ0) is 12.3. The number of halogens is 2. The topological polar surface area (TPSA) is 9.23 Å². The van der Waals surface area contributed by atoms with Gasteiger partial charge in [0.15, 0.2) is 0 Å². The Hall–Kier alpha value is -0.800. The summed E-state index contributed by atoms with van der Waals surface area (Å²) in [5.41, 5.74) is 2.44. The van der Waals surface area contributed by atoms with Gasteiger partial charge in [-0.25, -0.2) is 0 Å². The van der Waals surface area contributed by atoms with Gasteiger partial charge in [-0.2, -0.15) is 0 Å². The molecule has 0 aliphatic heterocycles. The van der Waals surface area contributed by atoms with Crippen molar-refractivity contribution in [3.05, 3.63) is 58.1 Å². The monoisotopic (exact) mass is 354 g/mol. The molecule has 0 fully saturated rings. The van der Waals surface area contributed by atoms with E-state index in [-0.39, 0.29) is 0 Å². The summed E-state index contributed by atoms with van der Waals surface area (Å²) in [6.45, 7) is 2.05. The lowest BCUT2D eigenvalue weighted by atomic mass is 10.2. The van der Waals surface area contributed by atoms with Crippen LogP contribution in [0.25, 0.3) is 0 Å². The zero-order valence-electron chi connectivity index (χ0n) is 9.41. The van der Waals surface area contributed by atoms with Crippen molar-refractivity contribution in [2.45, 2.75) is 12.3 Å². The highest BCUT2D eigenvalue weighted by Crippen LogP contribution is 2.30. The first-order chi connectivity index (χ1) is 8.19. The minimum atomic E-state index is 0.835. The van der Waals surface area contributed by atoms with E-state index in [1.165, 1.54) is 11.1 Å². The van der Waals surface area contributed by atoms with Crippen molar-refractivity contribution in [1.29, 1.82) is 0 Å². The highest BCUT2D eigenvalue weighted by molar-refractivity contribution is 9.10. The van der Waals surface area contributed by atoms with Crippen molar-refractivity contribution in [3.8, 4) is 11.5 Å². The van der Waals surface area contributed by atoms with Gasteiger partial charge >= 0.3 is 0 Å². The zero-order valence-corrected chi connectivity index (χ0v) is 12.6. The summed E-state index contributed by atoms with van der Waals surface area (Å²) in [6, 6.07) is 14.1. The van der Waals surface area contributed by atoms with Crippen molar-refractivity contribution in [1.82, 2.24) is 0 Å². The van der Waals surface area contributed by atoms with E-state index in [1.54, 1.807) is 0 Å². The second-order valence-electron chi connectivity index (χ2n) is 3.81. The minimum Gasteiger partial charge on any atom is -0.456 e. The molecular formula is C14H12Br2O. The van der Waals surface area contributed by atoms with Crippen molar-refractivity contribution < 1.29 is 4.74 Å². The van der Waals surface area contributed by atoms with E-state index in [1.807, 2.05) is 42.5 Å². The molecule has 2 rings (SSSR count). The van der Waals surface area contributed by atoms with Gasteiger partial charge < -0.3 is 4.74 Å². The summed E-state index contributed by atoms with van der Waals surface area (Å²) in [6.07, 6.45) is 0. The van der Waals surface area contributed by atoms with Crippen LogP contribution in [0.4, 0.5) is 0 Å². The van der Waals surface area contributed by atoms with E-state index in [9.17, 15) is 0 Å². The highest BCUT2D eigenvalue weighted by Gasteiger charge is 2.02. The lowest BCUT2D eigenvalue weighted by molar-refractivity contribution is 0.479. The van der Waals surface area contributed by atoms with Gasteiger partial charge in [-0.1, -0.05) is 34.1 Å². The molecule has 0 bridgehead atoms. The average molecular weight is 356 g/mol. The average Bonchev–Trinajstić information content (AvgIpc) is 2.34. The van der Waals surface area contributed by atoms with Crippen LogP contribution in [0.3, 0.4) is 0 Å². The Balaban J connectivity index is 2.19.